The van der Waals surface area contributed by atoms with Gasteiger partial charge in [-0.1, -0.05) is 18.2 Å². The topological polar surface area (TPSA) is 28.9 Å². The molecule has 2 aromatic heterocycles. The van der Waals surface area contributed by atoms with Gasteiger partial charge >= 0.3 is 0 Å². The van der Waals surface area contributed by atoms with Crippen molar-refractivity contribution in [3.05, 3.63) is 36.2 Å². The summed E-state index contributed by atoms with van der Waals surface area (Å²) < 4.78 is 5.64. The van der Waals surface area contributed by atoms with E-state index >= 15 is 0 Å². The third-order valence-corrected chi connectivity index (χ3v) is 2.42. The molecule has 64 valence electrons. The Balaban J connectivity index is 2.66. The standard InChI is InChI=1S/C11H9NO/c1-7-11-8-4-2-3-5-9(8)13-10(11)6-12-7/h2-6,12H,1H3. The molecule has 0 spiro atoms. The van der Waals surface area contributed by atoms with E-state index in [9.17, 15) is 0 Å². The lowest BCUT2D eigenvalue weighted by Crippen LogP contribution is -1.68. The van der Waals surface area contributed by atoms with Crippen LogP contribution in [0.3, 0.4) is 0 Å². The monoisotopic (exact) mass is 171 g/mol. The van der Waals surface area contributed by atoms with Crippen LogP contribution in [0.4, 0.5) is 0 Å². The number of aromatic nitrogens is 1. The molecule has 13 heavy (non-hydrogen) atoms. The van der Waals surface area contributed by atoms with E-state index in [-0.39, 0.29) is 0 Å². The van der Waals surface area contributed by atoms with Gasteiger partial charge in [0, 0.05) is 22.7 Å². The molecule has 0 unspecified atom stereocenters. The molecule has 0 bridgehead atoms. The molecule has 3 aromatic rings. The molecule has 2 heterocycles. The fraction of sp³-hybridized carbons (Fsp3) is 0.0909. The lowest BCUT2D eigenvalue weighted by Gasteiger charge is -1.87. The fourth-order valence-corrected chi connectivity index (χ4v) is 1.80. The van der Waals surface area contributed by atoms with Crippen LogP contribution in [0.2, 0.25) is 0 Å². The molecule has 0 atom stereocenters. The van der Waals surface area contributed by atoms with Crippen molar-refractivity contribution in [1.29, 1.82) is 0 Å². The molecule has 0 aliphatic heterocycles. The van der Waals surface area contributed by atoms with Crippen molar-refractivity contribution < 1.29 is 4.42 Å². The maximum absolute atomic E-state index is 5.64. The van der Waals surface area contributed by atoms with Crippen LogP contribution in [-0.4, -0.2) is 4.98 Å². The molecule has 1 aromatic carbocycles. The highest BCUT2D eigenvalue weighted by Gasteiger charge is 2.08. The van der Waals surface area contributed by atoms with Gasteiger partial charge in [0.15, 0.2) is 5.58 Å². The van der Waals surface area contributed by atoms with Gasteiger partial charge in [0.25, 0.3) is 0 Å². The summed E-state index contributed by atoms with van der Waals surface area (Å²) in [5.41, 5.74) is 3.07. The van der Waals surface area contributed by atoms with Gasteiger partial charge in [0.1, 0.15) is 5.58 Å². The quantitative estimate of drug-likeness (QED) is 0.552. The first-order valence-corrected chi connectivity index (χ1v) is 4.31. The van der Waals surface area contributed by atoms with Crippen molar-refractivity contribution in [1.82, 2.24) is 4.98 Å². The van der Waals surface area contributed by atoms with E-state index in [1.54, 1.807) is 0 Å². The van der Waals surface area contributed by atoms with Gasteiger partial charge in [-0.3, -0.25) is 0 Å². The number of furan rings is 1. The Labute approximate surface area is 75.2 Å². The number of rotatable bonds is 0. The van der Waals surface area contributed by atoms with Crippen LogP contribution in [-0.2, 0) is 0 Å². The summed E-state index contributed by atoms with van der Waals surface area (Å²) in [6.45, 7) is 2.06. The number of hydrogen-bond acceptors (Lipinski definition) is 1. The molecule has 0 fully saturated rings. The molecule has 2 heteroatoms. The van der Waals surface area contributed by atoms with Crippen molar-refractivity contribution in [3.8, 4) is 0 Å². The molecular weight excluding hydrogens is 162 g/mol. The lowest BCUT2D eigenvalue weighted by atomic mass is 10.2. The van der Waals surface area contributed by atoms with E-state index < -0.39 is 0 Å². The number of hydrogen-bond donors (Lipinski definition) is 1. The van der Waals surface area contributed by atoms with Crippen molar-refractivity contribution in [3.63, 3.8) is 0 Å². The predicted molar refractivity (Wildman–Crippen MR) is 52.8 cm³/mol. The zero-order valence-corrected chi connectivity index (χ0v) is 7.29. The van der Waals surface area contributed by atoms with Crippen LogP contribution in [0, 0.1) is 6.92 Å². The number of benzene rings is 1. The van der Waals surface area contributed by atoms with Crippen molar-refractivity contribution in [2.24, 2.45) is 0 Å². The van der Waals surface area contributed by atoms with E-state index in [1.807, 2.05) is 24.4 Å². The minimum atomic E-state index is 0.943. The summed E-state index contributed by atoms with van der Waals surface area (Å²) in [7, 11) is 0. The van der Waals surface area contributed by atoms with Gasteiger partial charge in [0.2, 0.25) is 0 Å². The Morgan fingerprint density at radius 2 is 2.00 bits per heavy atom. The van der Waals surface area contributed by atoms with Crippen LogP contribution in [0.15, 0.2) is 34.9 Å². The Bertz CT molecular complexity index is 574. The van der Waals surface area contributed by atoms with Crippen molar-refractivity contribution in [2.75, 3.05) is 0 Å². The van der Waals surface area contributed by atoms with Gasteiger partial charge in [-0.25, -0.2) is 0 Å². The number of aryl methyl sites for hydroxylation is 1. The molecule has 1 N–H and O–H groups in total. The first-order valence-electron chi connectivity index (χ1n) is 4.31. The van der Waals surface area contributed by atoms with Crippen LogP contribution in [0.5, 0.6) is 0 Å². The second-order valence-electron chi connectivity index (χ2n) is 3.25. The average Bonchev–Trinajstić information content (AvgIpc) is 2.66. The number of aromatic amines is 1. The normalized spacial score (nSPS) is 11.5. The van der Waals surface area contributed by atoms with Crippen molar-refractivity contribution in [2.45, 2.75) is 6.92 Å². The molecule has 0 radical (unpaired) electrons. The largest absolute Gasteiger partial charge is 0.454 e. The lowest BCUT2D eigenvalue weighted by molar-refractivity contribution is 0.668. The van der Waals surface area contributed by atoms with Gasteiger partial charge < -0.3 is 9.40 Å². The molecule has 0 saturated heterocycles. The molecule has 0 saturated carbocycles. The molecule has 3 rings (SSSR count). The summed E-state index contributed by atoms with van der Waals surface area (Å²) in [6.07, 6.45) is 1.91. The van der Waals surface area contributed by atoms with Gasteiger partial charge in [0.05, 0.1) is 0 Å². The summed E-state index contributed by atoms with van der Waals surface area (Å²) in [4.78, 5) is 3.15. The van der Waals surface area contributed by atoms with E-state index in [4.69, 9.17) is 4.42 Å². The number of H-pyrrole nitrogens is 1. The first-order chi connectivity index (χ1) is 6.36. The molecule has 0 amide bonds. The summed E-state index contributed by atoms with van der Waals surface area (Å²) >= 11 is 0. The van der Waals surface area contributed by atoms with E-state index in [0.717, 1.165) is 11.2 Å². The molecule has 0 aliphatic rings. The van der Waals surface area contributed by atoms with E-state index in [1.165, 1.54) is 16.5 Å². The second kappa shape index (κ2) is 2.16. The van der Waals surface area contributed by atoms with Gasteiger partial charge in [-0.05, 0) is 13.0 Å². The highest BCUT2D eigenvalue weighted by Crippen LogP contribution is 2.30. The van der Waals surface area contributed by atoms with Crippen LogP contribution >= 0.6 is 0 Å². The average molecular weight is 171 g/mol. The number of fused-ring (bicyclic) bond motifs is 3. The van der Waals surface area contributed by atoms with E-state index in [2.05, 4.69) is 18.0 Å². The SMILES string of the molecule is Cc1[nH]cc2oc3ccccc3c12. The summed E-state index contributed by atoms with van der Waals surface area (Å²) in [5.74, 6) is 0. The van der Waals surface area contributed by atoms with Crippen LogP contribution < -0.4 is 0 Å². The van der Waals surface area contributed by atoms with Crippen LogP contribution in [0.25, 0.3) is 21.9 Å². The third-order valence-electron chi connectivity index (χ3n) is 2.42. The van der Waals surface area contributed by atoms with Crippen molar-refractivity contribution >= 4 is 21.9 Å². The minimum Gasteiger partial charge on any atom is -0.454 e. The van der Waals surface area contributed by atoms with E-state index in [0.29, 0.717) is 0 Å². The molecule has 0 aliphatic carbocycles. The summed E-state index contributed by atoms with van der Waals surface area (Å²) in [6, 6.07) is 8.10. The zero-order chi connectivity index (χ0) is 8.84. The fourth-order valence-electron chi connectivity index (χ4n) is 1.80. The first kappa shape index (κ1) is 6.78. The van der Waals surface area contributed by atoms with Crippen LogP contribution in [0.1, 0.15) is 5.69 Å². The smallest absolute Gasteiger partial charge is 0.153 e. The Hall–Kier alpha value is -1.70. The second-order valence-corrected chi connectivity index (χ2v) is 3.25. The highest BCUT2D eigenvalue weighted by atomic mass is 16.3. The van der Waals surface area contributed by atoms with Gasteiger partial charge in [-0.15, -0.1) is 0 Å². The number of nitrogens with one attached hydrogen (secondary N) is 1. The predicted octanol–water partition coefficient (Wildman–Crippen LogP) is 3.22. The Morgan fingerprint density at radius 3 is 2.92 bits per heavy atom. The third kappa shape index (κ3) is 0.773. The maximum Gasteiger partial charge on any atom is 0.153 e. The Kier molecular flexibility index (Phi) is 1.13. The maximum atomic E-state index is 5.64. The Morgan fingerprint density at radius 1 is 1.15 bits per heavy atom. The zero-order valence-electron chi connectivity index (χ0n) is 7.29. The number of para-hydroxylation sites is 1. The minimum absolute atomic E-state index is 0.943. The van der Waals surface area contributed by atoms with Gasteiger partial charge in [-0.2, -0.15) is 0 Å². The highest BCUT2D eigenvalue weighted by molar-refractivity contribution is 6.06. The molecular formula is C11H9NO. The molecule has 2 nitrogen and oxygen atoms in total. The summed E-state index contributed by atoms with van der Waals surface area (Å²) in [5, 5.41) is 2.40.